The smallest absolute Gasteiger partial charge is 0.306 e. The average molecular weight is 155 g/mol. The van der Waals surface area contributed by atoms with Crippen LogP contribution in [0.4, 0.5) is 0 Å². The number of hydrogen-bond acceptors (Lipinski definition) is 4. The minimum Gasteiger partial charge on any atom is -0.381 e. The highest BCUT2D eigenvalue weighted by molar-refractivity contribution is 6.64. The van der Waals surface area contributed by atoms with Crippen LogP contribution in [-0.4, -0.2) is 32.9 Å². The molecular weight excluding hydrogens is 143 g/mol. The molecule has 1 aliphatic heterocycles. The van der Waals surface area contributed by atoms with E-state index in [4.69, 9.17) is 4.74 Å². The van der Waals surface area contributed by atoms with Gasteiger partial charge < -0.3 is 9.53 Å². The van der Waals surface area contributed by atoms with E-state index in [2.05, 4.69) is 10.8 Å². The molecule has 1 radical (unpaired) electrons. The SMILES string of the molecule is O=C[B]NNC1CCOCC1. The third kappa shape index (κ3) is 3.50. The van der Waals surface area contributed by atoms with Crippen molar-refractivity contribution in [2.45, 2.75) is 18.9 Å². The second kappa shape index (κ2) is 5.29. The quantitative estimate of drug-likeness (QED) is 0.238. The van der Waals surface area contributed by atoms with Crippen molar-refractivity contribution in [1.82, 2.24) is 10.8 Å². The summed E-state index contributed by atoms with van der Waals surface area (Å²) in [5, 5.41) is 2.71. The molecule has 0 saturated carbocycles. The number of hydrogen-bond donors (Lipinski definition) is 2. The zero-order valence-corrected chi connectivity index (χ0v) is 6.38. The molecule has 2 N–H and O–H groups in total. The summed E-state index contributed by atoms with van der Waals surface area (Å²) >= 11 is 0. The summed E-state index contributed by atoms with van der Waals surface area (Å²) in [5.41, 5.74) is 3.01. The van der Waals surface area contributed by atoms with E-state index in [1.165, 1.54) is 7.41 Å². The number of carbonyl (C=O) groups is 1. The van der Waals surface area contributed by atoms with Crippen LogP contribution in [0.25, 0.3) is 0 Å². The third-order valence-corrected chi connectivity index (χ3v) is 1.66. The van der Waals surface area contributed by atoms with Gasteiger partial charge in [-0.25, -0.2) is 0 Å². The molecule has 5 heteroatoms. The van der Waals surface area contributed by atoms with Gasteiger partial charge in [-0.1, -0.05) is 0 Å². The van der Waals surface area contributed by atoms with Gasteiger partial charge in [0.25, 0.3) is 0 Å². The van der Waals surface area contributed by atoms with Crippen molar-refractivity contribution in [3.63, 3.8) is 0 Å². The molecule has 0 aromatic heterocycles. The second-order valence-electron chi connectivity index (χ2n) is 2.48. The van der Waals surface area contributed by atoms with Crippen LogP contribution in [0.1, 0.15) is 12.8 Å². The van der Waals surface area contributed by atoms with Gasteiger partial charge in [0.15, 0.2) is 0 Å². The number of hydrazine groups is 1. The van der Waals surface area contributed by atoms with Crippen molar-refractivity contribution >= 4 is 13.6 Å². The largest absolute Gasteiger partial charge is 0.381 e. The highest BCUT2D eigenvalue weighted by atomic mass is 16.5. The van der Waals surface area contributed by atoms with Crippen molar-refractivity contribution in [2.75, 3.05) is 13.2 Å². The Hall–Kier alpha value is -0.385. The normalized spacial score (nSPS) is 19.6. The van der Waals surface area contributed by atoms with E-state index in [1.54, 1.807) is 0 Å². The zero-order valence-electron chi connectivity index (χ0n) is 6.38. The molecule has 0 aliphatic carbocycles. The van der Waals surface area contributed by atoms with Gasteiger partial charge in [-0.2, -0.15) is 0 Å². The first-order chi connectivity index (χ1) is 5.43. The molecule has 0 bridgehead atoms. The first-order valence-corrected chi connectivity index (χ1v) is 3.79. The highest BCUT2D eigenvalue weighted by Gasteiger charge is 2.11. The standard InChI is InChI=1S/C6H12BN2O2/c10-5-7-9-8-6-1-3-11-4-2-6/h5-6,8-9H,1-4H2. The molecule has 0 amide bonds. The molecule has 1 rings (SSSR count). The minimum atomic E-state index is 0.431. The Kier molecular flexibility index (Phi) is 4.19. The molecule has 0 unspecified atom stereocenters. The van der Waals surface area contributed by atoms with E-state index in [9.17, 15) is 4.79 Å². The topological polar surface area (TPSA) is 50.4 Å². The molecule has 11 heavy (non-hydrogen) atoms. The van der Waals surface area contributed by atoms with Crippen molar-refractivity contribution in [2.24, 2.45) is 0 Å². The molecule has 0 spiro atoms. The van der Waals surface area contributed by atoms with Gasteiger partial charge in [-0.15, -0.1) is 0 Å². The summed E-state index contributed by atoms with van der Waals surface area (Å²) in [7, 11) is 1.34. The fourth-order valence-electron chi connectivity index (χ4n) is 1.04. The Morgan fingerprint density at radius 1 is 1.45 bits per heavy atom. The highest BCUT2D eigenvalue weighted by Crippen LogP contribution is 2.04. The number of rotatable bonds is 4. The maximum Gasteiger partial charge on any atom is 0.306 e. The molecule has 0 atom stereocenters. The van der Waals surface area contributed by atoms with Crippen molar-refractivity contribution in [3.8, 4) is 0 Å². The van der Waals surface area contributed by atoms with E-state index in [0.29, 0.717) is 12.2 Å². The van der Waals surface area contributed by atoms with E-state index in [1.807, 2.05) is 0 Å². The Morgan fingerprint density at radius 2 is 2.18 bits per heavy atom. The van der Waals surface area contributed by atoms with Crippen LogP contribution in [-0.2, 0) is 9.53 Å². The van der Waals surface area contributed by atoms with Gasteiger partial charge in [0.05, 0.1) is 6.19 Å². The monoisotopic (exact) mass is 155 g/mol. The Morgan fingerprint density at radius 3 is 2.82 bits per heavy atom. The van der Waals surface area contributed by atoms with Gasteiger partial charge in [0.2, 0.25) is 0 Å². The molecule has 1 fully saturated rings. The minimum absolute atomic E-state index is 0.431. The lowest BCUT2D eigenvalue weighted by molar-refractivity contribution is 0.0766. The summed E-state index contributed by atoms with van der Waals surface area (Å²) in [6.45, 7) is 1.61. The molecule has 1 saturated heterocycles. The molecule has 0 aromatic carbocycles. The molecule has 1 aliphatic rings. The van der Waals surface area contributed by atoms with Crippen molar-refractivity contribution in [3.05, 3.63) is 0 Å². The first kappa shape index (κ1) is 8.71. The van der Waals surface area contributed by atoms with Gasteiger partial charge in [-0.3, -0.25) is 10.8 Å². The third-order valence-electron chi connectivity index (χ3n) is 1.66. The van der Waals surface area contributed by atoms with Gasteiger partial charge in [0, 0.05) is 19.3 Å². The lowest BCUT2D eigenvalue weighted by Gasteiger charge is -2.22. The van der Waals surface area contributed by atoms with Crippen LogP contribution < -0.4 is 10.8 Å². The second-order valence-corrected chi connectivity index (χ2v) is 2.48. The van der Waals surface area contributed by atoms with Gasteiger partial charge in [-0.05, 0) is 12.8 Å². The van der Waals surface area contributed by atoms with Crippen LogP contribution in [0, 0.1) is 0 Å². The molecule has 61 valence electrons. The Balaban J connectivity index is 2.00. The number of nitrogens with one attached hydrogen (secondary N) is 2. The van der Waals surface area contributed by atoms with Crippen LogP contribution >= 0.6 is 0 Å². The maximum atomic E-state index is 9.86. The summed E-state index contributed by atoms with van der Waals surface area (Å²) in [4.78, 5) is 9.86. The van der Waals surface area contributed by atoms with Crippen molar-refractivity contribution < 1.29 is 9.53 Å². The van der Waals surface area contributed by atoms with Crippen LogP contribution in [0.2, 0.25) is 0 Å². The van der Waals surface area contributed by atoms with E-state index in [0.717, 1.165) is 26.1 Å². The summed E-state index contributed by atoms with van der Waals surface area (Å²) in [5.74, 6) is 0. The molecule has 1 heterocycles. The predicted molar refractivity (Wildman–Crippen MR) is 42.6 cm³/mol. The summed E-state index contributed by atoms with van der Waals surface area (Å²) in [6, 6.07) is 0.431. The molecule has 0 aromatic rings. The van der Waals surface area contributed by atoms with E-state index < -0.39 is 0 Å². The zero-order chi connectivity index (χ0) is 7.94. The first-order valence-electron chi connectivity index (χ1n) is 3.79. The van der Waals surface area contributed by atoms with E-state index >= 15 is 0 Å². The Bertz CT molecular complexity index is 117. The van der Waals surface area contributed by atoms with Gasteiger partial charge >= 0.3 is 7.41 Å². The van der Waals surface area contributed by atoms with Crippen LogP contribution in [0.5, 0.6) is 0 Å². The van der Waals surface area contributed by atoms with Crippen molar-refractivity contribution in [1.29, 1.82) is 0 Å². The fraction of sp³-hybridized carbons (Fsp3) is 0.833. The number of carbonyl (C=O) groups excluding carboxylic acids is 1. The summed E-state index contributed by atoms with van der Waals surface area (Å²) < 4.78 is 5.16. The lowest BCUT2D eigenvalue weighted by atomic mass is 10.0. The lowest BCUT2D eigenvalue weighted by Crippen LogP contribution is -2.45. The molecule has 4 nitrogen and oxygen atoms in total. The fourth-order valence-corrected chi connectivity index (χ4v) is 1.04. The average Bonchev–Trinajstić information content (AvgIpc) is 2.07. The van der Waals surface area contributed by atoms with Crippen LogP contribution in [0.3, 0.4) is 0 Å². The predicted octanol–water partition coefficient (Wildman–Crippen LogP) is -0.931. The number of ether oxygens (including phenoxy) is 1. The van der Waals surface area contributed by atoms with Crippen LogP contribution in [0.15, 0.2) is 0 Å². The maximum absolute atomic E-state index is 9.86. The van der Waals surface area contributed by atoms with E-state index in [-0.39, 0.29) is 0 Å². The van der Waals surface area contributed by atoms with Gasteiger partial charge in [0.1, 0.15) is 0 Å². The summed E-state index contributed by atoms with van der Waals surface area (Å²) in [6.07, 6.45) is 2.71. The Labute approximate surface area is 66.9 Å². The molecular formula is C6H12BN2O2.